The number of thiol groups is 1. The van der Waals surface area contributed by atoms with E-state index in [1.807, 2.05) is 18.2 Å². The van der Waals surface area contributed by atoms with Crippen LogP contribution in [0.15, 0.2) is 22.7 Å². The number of hydrogen-bond donors (Lipinski definition) is 3. The Morgan fingerprint density at radius 3 is 2.67 bits per heavy atom. The molecule has 2 aromatic rings. The molecule has 0 aliphatic heterocycles. The second kappa shape index (κ2) is 6.37. The summed E-state index contributed by atoms with van der Waals surface area (Å²) in [6, 6.07) is 5.62. The Kier molecular flexibility index (Phi) is 5.89. The monoisotopic (exact) mass is 225 g/mol. The lowest BCUT2D eigenvalue weighted by Crippen LogP contribution is -1.94. The molecule has 0 aliphatic carbocycles. The quantitative estimate of drug-likeness (QED) is 0.479. The Morgan fingerprint density at radius 1 is 1.40 bits per heavy atom. The molecule has 6 heteroatoms. The van der Waals surface area contributed by atoms with Crippen molar-refractivity contribution in [3.63, 3.8) is 0 Å². The van der Waals surface area contributed by atoms with Crippen LogP contribution in [-0.2, 0) is 6.54 Å². The first kappa shape index (κ1) is 13.9. The van der Waals surface area contributed by atoms with Crippen LogP contribution in [0, 0.1) is 0 Å². The molecule has 1 aromatic carbocycles. The molecule has 0 bridgehead atoms. The van der Waals surface area contributed by atoms with Gasteiger partial charge in [-0.05, 0) is 24.0 Å². The Balaban J connectivity index is 0.000000617. The van der Waals surface area contributed by atoms with Gasteiger partial charge in [-0.2, -0.15) is 12.6 Å². The van der Waals surface area contributed by atoms with E-state index in [0.29, 0.717) is 17.9 Å². The fourth-order valence-corrected chi connectivity index (χ4v) is 1.13. The van der Waals surface area contributed by atoms with E-state index in [4.69, 9.17) is 16.0 Å². The lowest BCUT2D eigenvalue weighted by atomic mass is 10.2. The largest absolute Gasteiger partial charge is 0.380 e. The Hall–Kier alpha value is -1.14. The first-order chi connectivity index (χ1) is 6.81. The molecule has 0 saturated carbocycles. The Labute approximate surface area is 96.0 Å². The summed E-state index contributed by atoms with van der Waals surface area (Å²) in [4.78, 5) is 0. The average Bonchev–Trinajstić information content (AvgIpc) is 2.63. The smallest absolute Gasteiger partial charge is 0.174 e. The second-order valence-corrected chi connectivity index (χ2v) is 2.60. The number of hydrogen-bond acceptors (Lipinski definition) is 5. The van der Waals surface area contributed by atoms with Crippen LogP contribution in [0.1, 0.15) is 5.56 Å². The summed E-state index contributed by atoms with van der Waals surface area (Å²) in [6.45, 7) is 0.497. The van der Waals surface area contributed by atoms with Crippen LogP contribution in [0.25, 0.3) is 11.0 Å². The van der Waals surface area contributed by atoms with Gasteiger partial charge in [-0.15, -0.1) is 0 Å². The third-order valence-electron chi connectivity index (χ3n) is 1.80. The predicted octanol–water partition coefficient (Wildman–Crippen LogP) is 0.231. The van der Waals surface area contributed by atoms with Crippen LogP contribution in [-0.4, -0.2) is 19.8 Å². The second-order valence-electron chi connectivity index (χ2n) is 2.60. The van der Waals surface area contributed by atoms with Crippen molar-refractivity contribution in [3.8, 4) is 0 Å². The molecular formula is C9H16BN3OS. The van der Waals surface area contributed by atoms with E-state index in [-0.39, 0.29) is 8.41 Å². The van der Waals surface area contributed by atoms with Gasteiger partial charge in [-0.3, -0.25) is 0 Å². The highest BCUT2D eigenvalue weighted by atomic mass is 32.1. The van der Waals surface area contributed by atoms with Crippen LogP contribution in [0.3, 0.4) is 0 Å². The zero-order valence-electron chi connectivity index (χ0n) is 7.90. The summed E-state index contributed by atoms with van der Waals surface area (Å²) in [5.41, 5.74) is 12.7. The summed E-state index contributed by atoms with van der Waals surface area (Å²) < 4.78 is 4.96. The van der Waals surface area contributed by atoms with Gasteiger partial charge in [0.15, 0.2) is 11.4 Å². The Bertz CT molecular complexity index is 419. The normalized spacial score (nSPS) is 9.00. The molecule has 0 saturated heterocycles. The van der Waals surface area contributed by atoms with Crippen LogP contribution in [0.4, 0.5) is 5.82 Å². The van der Waals surface area contributed by atoms with Gasteiger partial charge in [0, 0.05) is 6.54 Å². The van der Waals surface area contributed by atoms with Gasteiger partial charge in [0.25, 0.3) is 0 Å². The topological polar surface area (TPSA) is 78.1 Å². The lowest BCUT2D eigenvalue weighted by molar-refractivity contribution is 0.460. The fraction of sp³-hybridized carbons (Fsp3) is 0.222. The van der Waals surface area contributed by atoms with Gasteiger partial charge >= 0.3 is 0 Å². The first-order valence-corrected chi connectivity index (χ1v) is 4.99. The van der Waals surface area contributed by atoms with Gasteiger partial charge in [0.1, 0.15) is 0 Å². The highest BCUT2D eigenvalue weighted by Gasteiger charge is 2.03. The van der Waals surface area contributed by atoms with E-state index in [0.717, 1.165) is 10.9 Å². The zero-order chi connectivity index (χ0) is 10.6. The minimum Gasteiger partial charge on any atom is -0.380 e. The molecule has 0 atom stereocenters. The molecule has 0 spiro atoms. The molecule has 0 aliphatic rings. The van der Waals surface area contributed by atoms with Crippen molar-refractivity contribution in [3.05, 3.63) is 23.8 Å². The molecule has 4 nitrogen and oxygen atoms in total. The van der Waals surface area contributed by atoms with E-state index in [2.05, 4.69) is 17.8 Å². The maximum Gasteiger partial charge on any atom is 0.174 e. The van der Waals surface area contributed by atoms with Gasteiger partial charge in [-0.25, -0.2) is 0 Å². The van der Waals surface area contributed by atoms with E-state index in [1.165, 1.54) is 0 Å². The summed E-state index contributed by atoms with van der Waals surface area (Å²) in [5, 5.41) is 4.47. The number of nitrogen functional groups attached to an aromatic ring is 1. The third kappa shape index (κ3) is 2.90. The van der Waals surface area contributed by atoms with Gasteiger partial charge in [0.2, 0.25) is 0 Å². The van der Waals surface area contributed by atoms with Gasteiger partial charge in [-0.1, -0.05) is 11.2 Å². The molecule has 0 fully saturated rings. The number of aromatic nitrogens is 1. The molecular weight excluding hydrogens is 209 g/mol. The summed E-state index contributed by atoms with van der Waals surface area (Å²) in [5.74, 6) is 0.425. The molecule has 1 heterocycles. The fourth-order valence-electron chi connectivity index (χ4n) is 1.13. The summed E-state index contributed by atoms with van der Waals surface area (Å²) >= 11 is 3.53. The predicted molar refractivity (Wildman–Crippen MR) is 71.2 cm³/mol. The molecule has 15 heavy (non-hydrogen) atoms. The van der Waals surface area contributed by atoms with E-state index in [1.54, 1.807) is 6.26 Å². The van der Waals surface area contributed by atoms with E-state index < -0.39 is 0 Å². The number of fused-ring (bicyclic) bond motifs is 1. The van der Waals surface area contributed by atoms with Crippen LogP contribution in [0.2, 0.25) is 0 Å². The first-order valence-electron chi connectivity index (χ1n) is 4.10. The van der Waals surface area contributed by atoms with E-state index in [9.17, 15) is 0 Å². The zero-order valence-corrected chi connectivity index (χ0v) is 8.79. The van der Waals surface area contributed by atoms with Crippen molar-refractivity contribution in [2.75, 3.05) is 12.0 Å². The third-order valence-corrected chi connectivity index (χ3v) is 1.80. The standard InChI is InChI=1S/C8H9N3O.CH4S.BH3/c9-4-5-1-2-6-7(3-5)12-11-8(6)10;1-2;/h1-3H,4,9H2,(H2,10,11);2H,1H3;1H3. The number of nitrogens with zero attached hydrogens (tertiary/aromatic N) is 1. The number of rotatable bonds is 1. The van der Waals surface area contributed by atoms with Crippen molar-refractivity contribution in [1.82, 2.24) is 5.16 Å². The van der Waals surface area contributed by atoms with Crippen molar-refractivity contribution in [1.29, 1.82) is 0 Å². The Morgan fingerprint density at radius 2 is 2.07 bits per heavy atom. The van der Waals surface area contributed by atoms with Crippen molar-refractivity contribution >= 4 is 37.8 Å². The molecule has 4 N–H and O–H groups in total. The molecule has 0 unspecified atom stereocenters. The SMILES string of the molecule is B.CS.NCc1ccc2c(N)noc2c1. The maximum atomic E-state index is 5.53. The number of nitrogens with two attached hydrogens (primary N) is 2. The summed E-state index contributed by atoms with van der Waals surface area (Å²) in [7, 11) is 0. The minimum absolute atomic E-state index is 0. The maximum absolute atomic E-state index is 5.53. The van der Waals surface area contributed by atoms with Gasteiger partial charge < -0.3 is 16.0 Å². The van der Waals surface area contributed by atoms with Crippen LogP contribution < -0.4 is 11.5 Å². The average molecular weight is 225 g/mol. The van der Waals surface area contributed by atoms with Crippen LogP contribution >= 0.6 is 12.6 Å². The highest BCUT2D eigenvalue weighted by molar-refractivity contribution is 7.79. The lowest BCUT2D eigenvalue weighted by Gasteiger charge is -1.93. The van der Waals surface area contributed by atoms with Crippen molar-refractivity contribution in [2.24, 2.45) is 5.73 Å². The van der Waals surface area contributed by atoms with Crippen LogP contribution in [0.5, 0.6) is 0 Å². The minimum atomic E-state index is 0. The van der Waals surface area contributed by atoms with E-state index >= 15 is 0 Å². The van der Waals surface area contributed by atoms with Crippen molar-refractivity contribution in [2.45, 2.75) is 6.54 Å². The molecule has 0 amide bonds. The number of benzene rings is 1. The molecule has 1 aromatic heterocycles. The molecule has 2 rings (SSSR count). The highest BCUT2D eigenvalue weighted by Crippen LogP contribution is 2.20. The molecule has 82 valence electrons. The van der Waals surface area contributed by atoms with Crippen molar-refractivity contribution < 1.29 is 4.52 Å². The number of anilines is 1. The van der Waals surface area contributed by atoms with Gasteiger partial charge in [0.05, 0.1) is 13.8 Å². The molecule has 0 radical (unpaired) electrons. The summed E-state index contributed by atoms with van der Waals surface area (Å²) in [6.07, 6.45) is 1.69.